The molecule has 6 heteroatoms. The van der Waals surface area contributed by atoms with Crippen molar-refractivity contribution >= 4 is 16.7 Å². The highest BCUT2D eigenvalue weighted by Gasteiger charge is 2.24. The van der Waals surface area contributed by atoms with Gasteiger partial charge in [0.1, 0.15) is 0 Å². The van der Waals surface area contributed by atoms with Crippen molar-refractivity contribution < 1.29 is 8.91 Å². The van der Waals surface area contributed by atoms with E-state index < -0.39 is 6.98 Å². The van der Waals surface area contributed by atoms with Crippen LogP contribution in [0.5, 0.6) is 0 Å². The Kier molecular flexibility index (Phi) is 3.63. The summed E-state index contributed by atoms with van der Waals surface area (Å²) < 4.78 is 23.3. The first-order valence-electron chi connectivity index (χ1n) is 10.4. The number of rotatable bonds is 5. The summed E-state index contributed by atoms with van der Waals surface area (Å²) in [5, 5.41) is 4.77. The molecule has 134 valence electrons. The second kappa shape index (κ2) is 6.96. The van der Waals surface area contributed by atoms with Gasteiger partial charge in [0.2, 0.25) is 0 Å². The van der Waals surface area contributed by atoms with E-state index in [1.165, 1.54) is 12.4 Å². The Hall–Kier alpha value is -2.60. The Morgan fingerprint density at radius 2 is 2.15 bits per heavy atom. The van der Waals surface area contributed by atoms with E-state index in [0.717, 1.165) is 41.5 Å². The smallest absolute Gasteiger partial charge is 0.155 e. The highest BCUT2D eigenvalue weighted by atomic mass is 16.1. The number of aryl methyl sites for hydroxylation is 1. The van der Waals surface area contributed by atoms with E-state index in [9.17, 15) is 4.79 Å². The van der Waals surface area contributed by atoms with E-state index in [4.69, 9.17) is 4.11 Å². The second-order valence-electron chi connectivity index (χ2n) is 6.80. The molecule has 0 amide bonds. The normalized spacial score (nSPS) is 18.4. The molecular weight excluding hydrogens is 326 g/mol. The largest absolute Gasteiger partial charge is 0.298 e. The van der Waals surface area contributed by atoms with Gasteiger partial charge in [-0.1, -0.05) is 0 Å². The van der Waals surface area contributed by atoms with Crippen molar-refractivity contribution in [2.24, 2.45) is 6.98 Å². The molecule has 4 rings (SSSR count). The maximum atomic E-state index is 12.7. The lowest BCUT2D eigenvalue weighted by atomic mass is 10.1. The number of fused-ring (bicyclic) bond motifs is 1. The molecule has 0 spiro atoms. The Labute approximate surface area is 157 Å². The Morgan fingerprint density at radius 3 is 2.92 bits per heavy atom. The molecule has 1 saturated heterocycles. The first-order valence-corrected chi connectivity index (χ1v) is 8.89. The predicted molar refractivity (Wildman–Crippen MR) is 101 cm³/mol. The van der Waals surface area contributed by atoms with Crippen LogP contribution < -0.4 is 0 Å². The Balaban J connectivity index is 1.56. The fourth-order valence-corrected chi connectivity index (χ4v) is 3.43. The number of carbonyl (C=O) groups excluding carboxylic acids is 1. The predicted octanol–water partition coefficient (Wildman–Crippen LogP) is 2.63. The molecule has 1 atom stereocenters. The van der Waals surface area contributed by atoms with E-state index in [-0.39, 0.29) is 18.2 Å². The lowest BCUT2D eigenvalue weighted by molar-refractivity contribution is -0.122. The number of Topliss-reactive ketones (excluding diaryl/α,β-unsaturated/α-hetero) is 1. The first kappa shape index (κ1) is 13.6. The van der Waals surface area contributed by atoms with Gasteiger partial charge in [-0.05, 0) is 51.1 Å². The minimum absolute atomic E-state index is 0.0972. The topological polar surface area (TPSA) is 63.9 Å². The van der Waals surface area contributed by atoms with Crippen molar-refractivity contribution in [1.29, 1.82) is 0 Å². The van der Waals surface area contributed by atoms with Gasteiger partial charge in [0.05, 0.1) is 29.9 Å². The van der Waals surface area contributed by atoms with Crippen molar-refractivity contribution in [1.82, 2.24) is 24.6 Å². The molecule has 3 aromatic rings. The van der Waals surface area contributed by atoms with Crippen LogP contribution in [0.15, 0.2) is 36.8 Å². The third-order valence-electron chi connectivity index (χ3n) is 5.02. The number of hydrogen-bond acceptors (Lipinski definition) is 5. The lowest BCUT2D eigenvalue weighted by Gasteiger charge is -2.22. The highest BCUT2D eigenvalue weighted by Crippen LogP contribution is 2.21. The zero-order chi connectivity index (χ0) is 20.6. The van der Waals surface area contributed by atoms with E-state index in [1.807, 2.05) is 25.1 Å². The van der Waals surface area contributed by atoms with Crippen molar-refractivity contribution in [3.05, 3.63) is 42.5 Å². The molecule has 6 nitrogen and oxygen atoms in total. The minimum atomic E-state index is -2.32. The molecule has 3 aromatic heterocycles. The Morgan fingerprint density at radius 1 is 1.31 bits per heavy atom. The van der Waals surface area contributed by atoms with Gasteiger partial charge in [0.15, 0.2) is 5.78 Å². The van der Waals surface area contributed by atoms with Gasteiger partial charge in [0.25, 0.3) is 0 Å². The van der Waals surface area contributed by atoms with Crippen LogP contribution in [-0.2, 0) is 18.2 Å². The SMILES string of the molecule is [2H]C([2H])([2H])n1cc(-c2ccc3cnc(CC(=O)[C@H](C)N4CCCC4)cc3n2)cn1. The molecule has 26 heavy (non-hydrogen) atoms. The van der Waals surface area contributed by atoms with Crippen LogP contribution in [0.3, 0.4) is 0 Å². The van der Waals surface area contributed by atoms with Crippen LogP contribution in [0.1, 0.15) is 29.6 Å². The number of aromatic nitrogens is 4. The first-order chi connectivity index (χ1) is 13.8. The molecule has 0 N–H and O–H groups in total. The molecule has 4 heterocycles. The molecular formula is C20H23N5O. The van der Waals surface area contributed by atoms with Crippen molar-refractivity contribution in [2.75, 3.05) is 13.1 Å². The summed E-state index contributed by atoms with van der Waals surface area (Å²) in [5.74, 6) is 0.161. The summed E-state index contributed by atoms with van der Waals surface area (Å²) in [5.41, 5.74) is 2.66. The standard InChI is InChI=1S/C20H23N5O/c1-14(25-7-3-4-8-25)20(26)10-17-9-19-15(11-21-17)5-6-18(23-19)16-12-22-24(2)13-16/h5-6,9,11-14H,3-4,7-8,10H2,1-2H3/t14-/m0/s1/i2D3. The molecule has 1 aliphatic rings. The van der Waals surface area contributed by atoms with E-state index in [2.05, 4.69) is 20.0 Å². The molecule has 0 aliphatic carbocycles. The minimum Gasteiger partial charge on any atom is -0.298 e. The van der Waals surface area contributed by atoms with Crippen LogP contribution >= 0.6 is 0 Å². The third-order valence-corrected chi connectivity index (χ3v) is 5.02. The van der Waals surface area contributed by atoms with Crippen molar-refractivity contribution in [3.63, 3.8) is 0 Å². The summed E-state index contributed by atoms with van der Waals surface area (Å²) in [4.78, 5) is 23.9. The summed E-state index contributed by atoms with van der Waals surface area (Å²) in [6, 6.07) is 5.43. The summed E-state index contributed by atoms with van der Waals surface area (Å²) >= 11 is 0. The number of nitrogens with zero attached hydrogens (tertiary/aromatic N) is 5. The van der Waals surface area contributed by atoms with Gasteiger partial charge < -0.3 is 0 Å². The van der Waals surface area contributed by atoms with E-state index in [1.54, 1.807) is 6.20 Å². The summed E-state index contributed by atoms with van der Waals surface area (Å²) in [6.07, 6.45) is 7.25. The molecule has 1 fully saturated rings. The molecule has 0 aromatic carbocycles. The number of carbonyl (C=O) groups is 1. The van der Waals surface area contributed by atoms with Gasteiger partial charge in [-0.3, -0.25) is 19.4 Å². The van der Waals surface area contributed by atoms with Gasteiger partial charge in [-0.2, -0.15) is 5.10 Å². The highest BCUT2D eigenvalue weighted by molar-refractivity contribution is 5.87. The van der Waals surface area contributed by atoms with Crippen molar-refractivity contribution in [2.45, 2.75) is 32.2 Å². The molecule has 0 bridgehead atoms. The number of pyridine rings is 2. The number of ketones is 1. The molecule has 0 radical (unpaired) electrons. The number of likely N-dealkylation sites (tertiary alicyclic amines) is 1. The maximum Gasteiger partial charge on any atom is 0.155 e. The van der Waals surface area contributed by atoms with Crippen LogP contribution in [0.25, 0.3) is 22.2 Å². The average molecular weight is 352 g/mol. The fourth-order valence-electron chi connectivity index (χ4n) is 3.43. The zero-order valence-corrected chi connectivity index (χ0v) is 14.7. The van der Waals surface area contributed by atoms with Crippen molar-refractivity contribution in [3.8, 4) is 11.3 Å². The fraction of sp³-hybridized carbons (Fsp3) is 0.400. The second-order valence-corrected chi connectivity index (χ2v) is 6.80. The van der Waals surface area contributed by atoms with E-state index in [0.29, 0.717) is 17.0 Å². The van der Waals surface area contributed by atoms with Gasteiger partial charge in [0, 0.05) is 40.1 Å². The lowest BCUT2D eigenvalue weighted by Crippen LogP contribution is -2.37. The van der Waals surface area contributed by atoms with Gasteiger partial charge in [-0.25, -0.2) is 4.98 Å². The molecule has 0 unspecified atom stereocenters. The van der Waals surface area contributed by atoms with Crippen LogP contribution in [0, 0.1) is 0 Å². The monoisotopic (exact) mass is 352 g/mol. The average Bonchev–Trinajstić information content (AvgIpc) is 3.38. The van der Waals surface area contributed by atoms with Gasteiger partial charge >= 0.3 is 0 Å². The quantitative estimate of drug-likeness (QED) is 0.706. The van der Waals surface area contributed by atoms with Gasteiger partial charge in [-0.15, -0.1) is 0 Å². The maximum absolute atomic E-state index is 12.7. The third kappa shape index (κ3) is 3.37. The van der Waals surface area contributed by atoms with Crippen LogP contribution in [-0.4, -0.2) is 49.6 Å². The van der Waals surface area contributed by atoms with Crippen LogP contribution in [0.4, 0.5) is 0 Å². The zero-order valence-electron chi connectivity index (χ0n) is 17.7. The molecule has 1 aliphatic heterocycles. The summed E-state index contributed by atoms with van der Waals surface area (Å²) in [7, 11) is 0. The molecule has 0 saturated carbocycles. The summed E-state index contributed by atoms with van der Waals surface area (Å²) in [6.45, 7) is 1.60. The number of hydrogen-bond donors (Lipinski definition) is 0. The van der Waals surface area contributed by atoms with E-state index >= 15 is 0 Å². The Bertz CT molecular complexity index is 1040. The van der Waals surface area contributed by atoms with Crippen LogP contribution in [0.2, 0.25) is 0 Å².